The monoisotopic (exact) mass is 447 g/mol. The third-order valence-corrected chi connectivity index (χ3v) is 6.32. The van der Waals surface area contributed by atoms with Crippen LogP contribution in [0, 0.1) is 0 Å². The summed E-state index contributed by atoms with van der Waals surface area (Å²) < 4.78 is 101. The number of hydrogen-bond donors (Lipinski definition) is 0. The molecule has 6 nitrogen and oxygen atoms in total. The Hall–Kier alpha value is -2.22. The van der Waals surface area contributed by atoms with Gasteiger partial charge in [0.05, 0.1) is 22.4 Å². The minimum atomic E-state index is -4.91. The molecular formula is C14H11F6N3O3S2. The lowest BCUT2D eigenvalue weighted by Gasteiger charge is -2.17. The quantitative estimate of drug-likeness (QED) is 0.669. The zero-order chi connectivity index (χ0) is 21.5. The summed E-state index contributed by atoms with van der Waals surface area (Å²) in [6.07, 6.45) is -8.86. The number of rotatable bonds is 4. The maximum Gasteiger partial charge on any atom is 0.427 e. The van der Waals surface area contributed by atoms with Gasteiger partial charge in [-0.1, -0.05) is 18.3 Å². The molecule has 0 N–H and O–H groups in total. The van der Waals surface area contributed by atoms with Crippen molar-refractivity contribution in [2.75, 3.05) is 17.7 Å². The second-order valence-electron chi connectivity index (χ2n) is 5.34. The molecule has 0 aliphatic rings. The summed E-state index contributed by atoms with van der Waals surface area (Å²) in [5.41, 5.74) is -2.23. The van der Waals surface area contributed by atoms with E-state index < -0.39 is 60.0 Å². The Labute approximate surface area is 158 Å². The first kappa shape index (κ1) is 22.1. The molecule has 2 heterocycles. The van der Waals surface area contributed by atoms with Crippen LogP contribution in [0.15, 0.2) is 23.4 Å². The summed E-state index contributed by atoms with van der Waals surface area (Å²) in [4.78, 5) is 17.8. The van der Waals surface area contributed by atoms with Crippen molar-refractivity contribution in [3.05, 3.63) is 34.6 Å². The van der Waals surface area contributed by atoms with Gasteiger partial charge in [-0.2, -0.15) is 26.3 Å². The van der Waals surface area contributed by atoms with Crippen molar-refractivity contribution in [3.8, 4) is 0 Å². The van der Waals surface area contributed by atoms with Crippen LogP contribution in [0.4, 0.5) is 31.5 Å². The molecule has 0 bridgehead atoms. The Balaban J connectivity index is 2.54. The van der Waals surface area contributed by atoms with Crippen LogP contribution in [0.5, 0.6) is 0 Å². The first-order valence-corrected chi connectivity index (χ1v) is 9.76. The predicted octanol–water partition coefficient (Wildman–Crippen LogP) is 3.65. The molecule has 0 saturated heterocycles. The standard InChI is InChI=1S/C14H11F6N3O3S2/c1-3-28(25,26)8-4-7(13(15,16)17)5-21-10(8)11(24)23(2)12-22-6-9(27-12)14(18,19)20/h4-6H,3H2,1-2H3. The molecule has 2 aromatic rings. The molecule has 0 aromatic carbocycles. The number of hydrogen-bond acceptors (Lipinski definition) is 6. The lowest BCUT2D eigenvalue weighted by Crippen LogP contribution is -2.29. The van der Waals surface area contributed by atoms with Gasteiger partial charge >= 0.3 is 12.4 Å². The number of nitrogens with zero attached hydrogens (tertiary/aromatic N) is 3. The number of anilines is 1. The maximum absolute atomic E-state index is 12.9. The van der Waals surface area contributed by atoms with Crippen molar-refractivity contribution >= 4 is 32.2 Å². The highest BCUT2D eigenvalue weighted by atomic mass is 32.2. The number of carbonyl (C=O) groups excluding carboxylic acids is 1. The predicted molar refractivity (Wildman–Crippen MR) is 86.8 cm³/mol. The average Bonchev–Trinajstić information content (AvgIpc) is 3.09. The number of halogens is 6. The van der Waals surface area contributed by atoms with Crippen molar-refractivity contribution in [1.29, 1.82) is 0 Å². The second-order valence-corrected chi connectivity index (χ2v) is 8.60. The molecule has 2 rings (SSSR count). The first-order chi connectivity index (χ1) is 12.7. The summed E-state index contributed by atoms with van der Waals surface area (Å²) in [5, 5.41) is -0.432. The van der Waals surface area contributed by atoms with Gasteiger partial charge in [0.15, 0.2) is 15.0 Å². The van der Waals surface area contributed by atoms with Gasteiger partial charge in [-0.15, -0.1) is 0 Å². The van der Waals surface area contributed by atoms with Gasteiger partial charge in [0.25, 0.3) is 5.91 Å². The molecule has 0 fully saturated rings. The largest absolute Gasteiger partial charge is 0.427 e. The highest BCUT2D eigenvalue weighted by Crippen LogP contribution is 2.37. The van der Waals surface area contributed by atoms with Crippen molar-refractivity contribution in [3.63, 3.8) is 0 Å². The van der Waals surface area contributed by atoms with Gasteiger partial charge in [-0.25, -0.2) is 18.4 Å². The molecule has 0 aliphatic carbocycles. The van der Waals surface area contributed by atoms with E-state index in [-0.39, 0.29) is 23.6 Å². The van der Waals surface area contributed by atoms with Gasteiger partial charge in [0, 0.05) is 13.2 Å². The molecule has 0 spiro atoms. The second kappa shape index (κ2) is 7.31. The average molecular weight is 447 g/mol. The van der Waals surface area contributed by atoms with E-state index in [9.17, 15) is 39.6 Å². The van der Waals surface area contributed by atoms with Crippen LogP contribution in [-0.4, -0.2) is 37.1 Å². The van der Waals surface area contributed by atoms with E-state index >= 15 is 0 Å². The normalized spacial score (nSPS) is 12.9. The van der Waals surface area contributed by atoms with E-state index in [4.69, 9.17) is 0 Å². The summed E-state index contributed by atoms with van der Waals surface area (Å²) >= 11 is 0.109. The van der Waals surface area contributed by atoms with Crippen LogP contribution in [0.2, 0.25) is 0 Å². The molecule has 0 atom stereocenters. The third-order valence-electron chi connectivity index (χ3n) is 3.46. The van der Waals surface area contributed by atoms with E-state index in [1.54, 1.807) is 0 Å². The maximum atomic E-state index is 12.9. The summed E-state index contributed by atoms with van der Waals surface area (Å²) in [6.45, 7) is 1.16. The molecule has 14 heteroatoms. The van der Waals surface area contributed by atoms with Crippen molar-refractivity contribution < 1.29 is 39.6 Å². The molecule has 154 valence electrons. The van der Waals surface area contributed by atoms with Crippen LogP contribution in [0.1, 0.15) is 27.9 Å². The van der Waals surface area contributed by atoms with Crippen molar-refractivity contribution in [1.82, 2.24) is 9.97 Å². The number of carbonyl (C=O) groups is 1. The molecule has 0 radical (unpaired) electrons. The van der Waals surface area contributed by atoms with Crippen LogP contribution in [0.25, 0.3) is 0 Å². The van der Waals surface area contributed by atoms with E-state index in [1.807, 2.05) is 0 Å². The smallest absolute Gasteiger partial charge is 0.286 e. The van der Waals surface area contributed by atoms with Gasteiger partial charge in [0.1, 0.15) is 10.6 Å². The van der Waals surface area contributed by atoms with Crippen LogP contribution in [0.3, 0.4) is 0 Å². The van der Waals surface area contributed by atoms with Gasteiger partial charge in [0.2, 0.25) is 0 Å². The molecule has 2 aromatic heterocycles. The van der Waals surface area contributed by atoms with E-state index in [0.717, 1.165) is 14.0 Å². The number of pyridine rings is 1. The summed E-state index contributed by atoms with van der Waals surface area (Å²) in [7, 11) is -3.29. The van der Waals surface area contributed by atoms with Crippen molar-refractivity contribution in [2.24, 2.45) is 0 Å². The zero-order valence-electron chi connectivity index (χ0n) is 14.1. The van der Waals surface area contributed by atoms with Gasteiger partial charge in [-0.05, 0) is 6.07 Å². The van der Waals surface area contributed by atoms with Crippen molar-refractivity contribution in [2.45, 2.75) is 24.2 Å². The Bertz CT molecular complexity index is 998. The van der Waals surface area contributed by atoms with Crippen LogP contribution in [-0.2, 0) is 22.2 Å². The Morgan fingerprint density at radius 2 is 1.71 bits per heavy atom. The minimum Gasteiger partial charge on any atom is -0.286 e. The first-order valence-electron chi connectivity index (χ1n) is 7.29. The molecule has 0 unspecified atom stereocenters. The zero-order valence-corrected chi connectivity index (χ0v) is 15.7. The molecule has 0 saturated carbocycles. The molecule has 28 heavy (non-hydrogen) atoms. The van der Waals surface area contributed by atoms with E-state index in [2.05, 4.69) is 9.97 Å². The fraction of sp³-hybridized carbons (Fsp3) is 0.357. The topological polar surface area (TPSA) is 80.2 Å². The fourth-order valence-electron chi connectivity index (χ4n) is 1.95. The Morgan fingerprint density at radius 1 is 1.11 bits per heavy atom. The van der Waals surface area contributed by atoms with Crippen LogP contribution >= 0.6 is 11.3 Å². The molecule has 1 amide bonds. The highest BCUT2D eigenvalue weighted by Gasteiger charge is 2.37. The lowest BCUT2D eigenvalue weighted by atomic mass is 10.2. The van der Waals surface area contributed by atoms with Gasteiger partial charge < -0.3 is 0 Å². The Morgan fingerprint density at radius 3 is 2.18 bits per heavy atom. The number of alkyl halides is 6. The number of thiazole rings is 1. The van der Waals surface area contributed by atoms with E-state index in [0.29, 0.717) is 11.1 Å². The van der Waals surface area contributed by atoms with Gasteiger partial charge in [-0.3, -0.25) is 9.69 Å². The van der Waals surface area contributed by atoms with Crippen LogP contribution < -0.4 is 4.90 Å². The molecule has 0 aliphatic heterocycles. The third kappa shape index (κ3) is 4.43. The number of aromatic nitrogens is 2. The van der Waals surface area contributed by atoms with E-state index in [1.165, 1.54) is 0 Å². The Kier molecular flexibility index (Phi) is 5.76. The fourth-order valence-corrected chi connectivity index (χ4v) is 3.74. The summed E-state index contributed by atoms with van der Waals surface area (Å²) in [6, 6.07) is 0.274. The SMILES string of the molecule is CCS(=O)(=O)c1cc(C(F)(F)F)cnc1C(=O)N(C)c1ncc(C(F)(F)F)s1. The number of amides is 1. The highest BCUT2D eigenvalue weighted by molar-refractivity contribution is 7.91. The molecular weight excluding hydrogens is 436 g/mol. The summed E-state index contributed by atoms with van der Waals surface area (Å²) in [5.74, 6) is -1.83. The minimum absolute atomic E-state index is 0.109. The number of sulfone groups is 1. The lowest BCUT2D eigenvalue weighted by molar-refractivity contribution is -0.138.